The second-order valence-corrected chi connectivity index (χ2v) is 11.1. The predicted molar refractivity (Wildman–Crippen MR) is 125 cm³/mol. The van der Waals surface area contributed by atoms with Crippen LogP contribution in [0, 0.1) is 6.92 Å². The van der Waals surface area contributed by atoms with Gasteiger partial charge in [-0.15, -0.1) is 22.7 Å². The first-order valence-electron chi connectivity index (χ1n) is 10.0. The molecule has 2 aromatic heterocycles. The van der Waals surface area contributed by atoms with Crippen molar-refractivity contribution in [2.24, 2.45) is 0 Å². The monoisotopic (exact) mass is 476 g/mol. The van der Waals surface area contributed by atoms with Crippen molar-refractivity contribution in [1.82, 2.24) is 14.2 Å². The zero-order valence-electron chi connectivity index (χ0n) is 17.4. The van der Waals surface area contributed by atoms with Crippen LogP contribution in [-0.2, 0) is 10.0 Å². The van der Waals surface area contributed by atoms with E-state index in [1.807, 2.05) is 24.4 Å². The fraction of sp³-hybridized carbons (Fsp3) is 0.333. The quantitative estimate of drug-likeness (QED) is 0.586. The molecule has 1 aromatic carbocycles. The van der Waals surface area contributed by atoms with Gasteiger partial charge in [-0.05, 0) is 49.2 Å². The Morgan fingerprint density at radius 3 is 2.45 bits per heavy atom. The van der Waals surface area contributed by atoms with Gasteiger partial charge in [-0.1, -0.05) is 13.0 Å². The summed E-state index contributed by atoms with van der Waals surface area (Å²) < 4.78 is 27.4. The lowest BCUT2D eigenvalue weighted by Gasteiger charge is -2.33. The third-order valence-corrected chi connectivity index (χ3v) is 9.37. The van der Waals surface area contributed by atoms with Crippen LogP contribution in [0.2, 0.25) is 0 Å². The van der Waals surface area contributed by atoms with Gasteiger partial charge in [0.15, 0.2) is 0 Å². The molecule has 1 amide bonds. The minimum atomic E-state index is -3.53. The zero-order chi connectivity index (χ0) is 22.0. The summed E-state index contributed by atoms with van der Waals surface area (Å²) in [5, 5.41) is 5.65. The van der Waals surface area contributed by atoms with Gasteiger partial charge >= 0.3 is 0 Å². The number of carbonyl (C=O) groups excluding carboxylic acids is 1. The standard InChI is InChI=1S/C21H24N4O3S3/c1-3-24-10-12-25(13-11-24)31(27,28)17-8-6-16(7-9-17)23-20(26)19-15(2)22-21(30-19)18-5-4-14-29-18/h4-9,14H,3,10-13H2,1-2H3,(H,23,26). The van der Waals surface area contributed by atoms with E-state index in [0.29, 0.717) is 29.3 Å². The van der Waals surface area contributed by atoms with Crippen molar-refractivity contribution in [3.8, 4) is 9.88 Å². The van der Waals surface area contributed by atoms with Gasteiger partial charge in [0.1, 0.15) is 9.88 Å². The molecule has 0 radical (unpaired) electrons. The van der Waals surface area contributed by atoms with Gasteiger partial charge in [-0.3, -0.25) is 4.79 Å². The maximum Gasteiger partial charge on any atom is 0.267 e. The number of thiazole rings is 1. The summed E-state index contributed by atoms with van der Waals surface area (Å²) in [7, 11) is -3.53. The van der Waals surface area contributed by atoms with Crippen LogP contribution in [0.3, 0.4) is 0 Å². The summed E-state index contributed by atoms with van der Waals surface area (Å²) in [6, 6.07) is 10.3. The maximum atomic E-state index is 12.9. The van der Waals surface area contributed by atoms with E-state index >= 15 is 0 Å². The maximum absolute atomic E-state index is 12.9. The van der Waals surface area contributed by atoms with E-state index in [0.717, 1.165) is 29.5 Å². The summed E-state index contributed by atoms with van der Waals surface area (Å²) in [5.74, 6) is -0.246. The van der Waals surface area contributed by atoms with Crippen LogP contribution < -0.4 is 5.32 Å². The number of thiophene rings is 1. The molecule has 1 saturated heterocycles. The Bertz CT molecular complexity index is 1150. The number of hydrogen-bond donors (Lipinski definition) is 1. The SMILES string of the molecule is CCN1CCN(S(=O)(=O)c2ccc(NC(=O)c3sc(-c4cccs4)nc3C)cc2)CC1. The van der Waals surface area contributed by atoms with Gasteiger partial charge in [0.25, 0.3) is 5.91 Å². The summed E-state index contributed by atoms with van der Waals surface area (Å²) in [5.41, 5.74) is 1.22. The summed E-state index contributed by atoms with van der Waals surface area (Å²) in [6.45, 7) is 7.29. The van der Waals surface area contributed by atoms with Gasteiger partial charge in [-0.25, -0.2) is 13.4 Å². The second-order valence-electron chi connectivity index (χ2n) is 7.23. The molecule has 0 atom stereocenters. The summed E-state index contributed by atoms with van der Waals surface area (Å²) >= 11 is 2.94. The topological polar surface area (TPSA) is 82.6 Å². The molecule has 1 aliphatic rings. The number of likely N-dealkylation sites (N-methyl/N-ethyl adjacent to an activating group) is 1. The van der Waals surface area contributed by atoms with E-state index in [1.165, 1.54) is 15.6 Å². The molecule has 0 aliphatic carbocycles. The number of benzene rings is 1. The minimum absolute atomic E-state index is 0.240. The third kappa shape index (κ3) is 4.73. The first-order valence-corrected chi connectivity index (χ1v) is 13.2. The fourth-order valence-electron chi connectivity index (χ4n) is 3.45. The Labute approximate surface area is 190 Å². The van der Waals surface area contributed by atoms with Gasteiger partial charge < -0.3 is 10.2 Å². The number of carbonyl (C=O) groups is 1. The number of hydrogen-bond acceptors (Lipinski definition) is 7. The number of aromatic nitrogens is 1. The Balaban J connectivity index is 1.45. The lowest BCUT2D eigenvalue weighted by molar-refractivity contribution is 0.103. The number of nitrogens with zero attached hydrogens (tertiary/aromatic N) is 3. The van der Waals surface area contributed by atoms with Gasteiger partial charge in [0, 0.05) is 31.9 Å². The van der Waals surface area contributed by atoms with Crippen molar-refractivity contribution in [2.45, 2.75) is 18.7 Å². The Hall–Kier alpha value is -2.11. The highest BCUT2D eigenvalue weighted by molar-refractivity contribution is 7.89. The average molecular weight is 477 g/mol. The summed E-state index contributed by atoms with van der Waals surface area (Å²) in [6.07, 6.45) is 0. The van der Waals surface area contributed by atoms with Crippen LogP contribution in [0.1, 0.15) is 22.3 Å². The van der Waals surface area contributed by atoms with Crippen LogP contribution in [0.4, 0.5) is 5.69 Å². The molecule has 0 bridgehead atoms. The highest BCUT2D eigenvalue weighted by Gasteiger charge is 2.28. The van der Waals surface area contributed by atoms with Crippen LogP contribution >= 0.6 is 22.7 Å². The lowest BCUT2D eigenvalue weighted by atomic mass is 10.3. The number of aryl methyl sites for hydroxylation is 1. The van der Waals surface area contributed by atoms with Crippen LogP contribution in [0.25, 0.3) is 9.88 Å². The van der Waals surface area contributed by atoms with Crippen LogP contribution in [0.15, 0.2) is 46.7 Å². The predicted octanol–water partition coefficient (Wildman–Crippen LogP) is 3.76. The van der Waals surface area contributed by atoms with E-state index in [2.05, 4.69) is 22.1 Å². The normalized spacial score (nSPS) is 15.8. The molecule has 0 saturated carbocycles. The molecule has 1 N–H and O–H groups in total. The van der Waals surface area contributed by atoms with Crippen molar-refractivity contribution >= 4 is 44.3 Å². The van der Waals surface area contributed by atoms with Crippen molar-refractivity contribution in [2.75, 3.05) is 38.0 Å². The number of anilines is 1. The first-order chi connectivity index (χ1) is 14.9. The van der Waals surface area contributed by atoms with E-state index in [-0.39, 0.29) is 10.8 Å². The molecule has 3 aromatic rings. The molecule has 7 nitrogen and oxygen atoms in total. The van der Waals surface area contributed by atoms with E-state index in [9.17, 15) is 13.2 Å². The van der Waals surface area contributed by atoms with E-state index < -0.39 is 10.0 Å². The average Bonchev–Trinajstić information content (AvgIpc) is 3.44. The molecule has 1 fully saturated rings. The molecular formula is C21H24N4O3S3. The Morgan fingerprint density at radius 1 is 1.13 bits per heavy atom. The van der Waals surface area contributed by atoms with Gasteiger partial charge in [-0.2, -0.15) is 4.31 Å². The van der Waals surface area contributed by atoms with E-state index in [1.54, 1.807) is 35.6 Å². The molecule has 10 heteroatoms. The highest BCUT2D eigenvalue weighted by Crippen LogP contribution is 2.31. The molecule has 4 rings (SSSR count). The van der Waals surface area contributed by atoms with Crippen molar-refractivity contribution in [1.29, 1.82) is 0 Å². The lowest BCUT2D eigenvalue weighted by Crippen LogP contribution is -2.48. The number of amides is 1. The number of rotatable bonds is 6. The minimum Gasteiger partial charge on any atom is -0.321 e. The Morgan fingerprint density at radius 2 is 1.84 bits per heavy atom. The van der Waals surface area contributed by atoms with Crippen molar-refractivity contribution in [3.63, 3.8) is 0 Å². The van der Waals surface area contributed by atoms with Gasteiger partial charge in [0.2, 0.25) is 10.0 Å². The zero-order valence-corrected chi connectivity index (χ0v) is 19.8. The molecule has 0 spiro atoms. The smallest absolute Gasteiger partial charge is 0.267 e. The number of sulfonamides is 1. The van der Waals surface area contributed by atoms with Crippen molar-refractivity contribution in [3.05, 3.63) is 52.3 Å². The van der Waals surface area contributed by atoms with Crippen LogP contribution in [-0.4, -0.2) is 61.2 Å². The Kier molecular flexibility index (Phi) is 6.54. The molecule has 164 valence electrons. The highest BCUT2D eigenvalue weighted by atomic mass is 32.2. The molecule has 1 aliphatic heterocycles. The van der Waals surface area contributed by atoms with E-state index in [4.69, 9.17) is 0 Å². The van der Waals surface area contributed by atoms with Crippen LogP contribution in [0.5, 0.6) is 0 Å². The third-order valence-electron chi connectivity index (χ3n) is 5.26. The van der Waals surface area contributed by atoms with Gasteiger partial charge in [0.05, 0.1) is 15.5 Å². The fourth-order valence-corrected chi connectivity index (χ4v) is 6.63. The number of piperazine rings is 1. The molecule has 31 heavy (non-hydrogen) atoms. The second kappa shape index (κ2) is 9.17. The number of nitrogens with one attached hydrogen (secondary N) is 1. The first kappa shape index (κ1) is 22.1. The van der Waals surface area contributed by atoms with Crippen molar-refractivity contribution < 1.29 is 13.2 Å². The molecular weight excluding hydrogens is 452 g/mol. The summed E-state index contributed by atoms with van der Waals surface area (Å²) in [4.78, 5) is 21.3. The molecule has 3 heterocycles. The molecule has 0 unspecified atom stereocenters. The largest absolute Gasteiger partial charge is 0.321 e.